The third-order valence-corrected chi connectivity index (χ3v) is 6.76. The van der Waals surface area contributed by atoms with Crippen LogP contribution in [0, 0.1) is 12.7 Å². The van der Waals surface area contributed by atoms with E-state index in [1.165, 1.54) is 31.3 Å². The van der Waals surface area contributed by atoms with Crippen molar-refractivity contribution in [2.24, 2.45) is 0 Å². The smallest absolute Gasteiger partial charge is 0.255 e. The number of furan rings is 1. The molecule has 4 aromatic rings. The van der Waals surface area contributed by atoms with E-state index in [9.17, 15) is 17.6 Å². The first-order valence-corrected chi connectivity index (χ1v) is 12.0. The van der Waals surface area contributed by atoms with Gasteiger partial charge in [0.2, 0.25) is 10.0 Å². The lowest BCUT2D eigenvalue weighted by atomic mass is 9.96. The molecule has 0 saturated carbocycles. The molecular weight excluding hydrogens is 443 g/mol. The monoisotopic (exact) mass is 466 g/mol. The molecule has 6 nitrogen and oxygen atoms in total. The quantitative estimate of drug-likeness (QED) is 0.402. The first kappa shape index (κ1) is 22.5. The molecular formula is C25H23FN2O4S. The summed E-state index contributed by atoms with van der Waals surface area (Å²) in [6.45, 7) is 3.48. The number of hydrogen-bond acceptors (Lipinski definition) is 4. The largest absolute Gasteiger partial charge is 0.455 e. The fourth-order valence-electron chi connectivity index (χ4n) is 3.72. The number of anilines is 1. The molecule has 170 valence electrons. The number of fused-ring (bicyclic) bond motifs is 1. The van der Waals surface area contributed by atoms with Crippen LogP contribution in [0.4, 0.5) is 10.1 Å². The summed E-state index contributed by atoms with van der Waals surface area (Å²) in [6, 6.07) is 16.6. The first-order chi connectivity index (χ1) is 15.7. The number of sulfonamides is 1. The molecule has 0 aliphatic heterocycles. The Hall–Kier alpha value is -3.65. The van der Waals surface area contributed by atoms with E-state index in [1.54, 1.807) is 19.1 Å². The number of benzene rings is 3. The Balaban J connectivity index is 2.06. The Morgan fingerprint density at radius 3 is 2.36 bits per heavy atom. The zero-order valence-corrected chi connectivity index (χ0v) is 19.2. The molecule has 0 fully saturated rings. The number of halogens is 1. The molecule has 0 atom stereocenters. The highest BCUT2D eigenvalue weighted by atomic mass is 32.2. The maximum Gasteiger partial charge on any atom is 0.255 e. The van der Waals surface area contributed by atoms with Gasteiger partial charge in [-0.15, -0.1) is 0 Å². The molecule has 33 heavy (non-hydrogen) atoms. The van der Waals surface area contributed by atoms with Crippen LogP contribution in [0.3, 0.4) is 0 Å². The van der Waals surface area contributed by atoms with Gasteiger partial charge in [0.25, 0.3) is 5.91 Å². The number of nitrogens with one attached hydrogen (secondary N) is 2. The summed E-state index contributed by atoms with van der Waals surface area (Å²) in [5.41, 5.74) is 3.88. The summed E-state index contributed by atoms with van der Waals surface area (Å²) in [6.07, 6.45) is 0. The SMILES string of the molecule is CCS(=O)(=O)Nc1cc2oc(-c3ccc(F)cc3)c(C(=O)NC)c2cc1-c1ccccc1C. The fourth-order valence-corrected chi connectivity index (χ4v) is 4.37. The summed E-state index contributed by atoms with van der Waals surface area (Å²) in [4.78, 5) is 12.9. The summed E-state index contributed by atoms with van der Waals surface area (Å²) in [7, 11) is -2.06. The van der Waals surface area contributed by atoms with E-state index in [4.69, 9.17) is 4.42 Å². The highest BCUT2D eigenvalue weighted by Gasteiger charge is 2.24. The van der Waals surface area contributed by atoms with E-state index in [1.807, 2.05) is 31.2 Å². The van der Waals surface area contributed by atoms with Crippen molar-refractivity contribution in [3.8, 4) is 22.5 Å². The molecule has 4 rings (SSSR count). The van der Waals surface area contributed by atoms with Crippen molar-refractivity contribution in [1.82, 2.24) is 5.32 Å². The van der Waals surface area contributed by atoms with Gasteiger partial charge in [-0.25, -0.2) is 12.8 Å². The lowest BCUT2D eigenvalue weighted by Gasteiger charge is -2.14. The normalized spacial score (nSPS) is 11.5. The van der Waals surface area contributed by atoms with Crippen LogP contribution in [0.25, 0.3) is 33.4 Å². The lowest BCUT2D eigenvalue weighted by Crippen LogP contribution is -2.18. The fraction of sp³-hybridized carbons (Fsp3) is 0.160. The van der Waals surface area contributed by atoms with Gasteiger partial charge in [0.1, 0.15) is 17.2 Å². The predicted molar refractivity (Wildman–Crippen MR) is 128 cm³/mol. The van der Waals surface area contributed by atoms with Crippen molar-refractivity contribution in [1.29, 1.82) is 0 Å². The van der Waals surface area contributed by atoms with E-state index in [0.717, 1.165) is 11.1 Å². The van der Waals surface area contributed by atoms with Gasteiger partial charge in [-0.3, -0.25) is 9.52 Å². The molecule has 0 aliphatic carbocycles. The maximum atomic E-state index is 13.5. The highest BCUT2D eigenvalue weighted by Crippen LogP contribution is 2.40. The molecule has 1 heterocycles. The van der Waals surface area contributed by atoms with Crippen LogP contribution in [0.5, 0.6) is 0 Å². The Labute approximate surface area is 191 Å². The van der Waals surface area contributed by atoms with Crippen molar-refractivity contribution >= 4 is 32.6 Å². The summed E-state index contributed by atoms with van der Waals surface area (Å²) < 4.78 is 47.0. The van der Waals surface area contributed by atoms with Crippen LogP contribution < -0.4 is 10.0 Å². The molecule has 1 aromatic heterocycles. The molecule has 1 amide bonds. The van der Waals surface area contributed by atoms with Crippen molar-refractivity contribution in [2.75, 3.05) is 17.5 Å². The van der Waals surface area contributed by atoms with Crippen molar-refractivity contribution in [3.05, 3.63) is 77.6 Å². The number of carbonyl (C=O) groups excluding carboxylic acids is 1. The van der Waals surface area contributed by atoms with Crippen LogP contribution in [0.2, 0.25) is 0 Å². The Kier molecular flexibility index (Phi) is 5.95. The first-order valence-electron chi connectivity index (χ1n) is 10.4. The minimum Gasteiger partial charge on any atom is -0.455 e. The van der Waals surface area contributed by atoms with Gasteiger partial charge in [0, 0.05) is 29.6 Å². The van der Waals surface area contributed by atoms with E-state index in [0.29, 0.717) is 33.3 Å². The highest BCUT2D eigenvalue weighted by molar-refractivity contribution is 7.92. The van der Waals surface area contributed by atoms with E-state index in [-0.39, 0.29) is 17.4 Å². The Morgan fingerprint density at radius 2 is 1.73 bits per heavy atom. The lowest BCUT2D eigenvalue weighted by molar-refractivity contribution is 0.0964. The standard InChI is InChI=1S/C25H23FN2O4S/c1-4-33(30,31)28-21-14-22-20(13-19(21)18-8-6-5-7-15(18)2)23(25(29)27-3)24(32-22)16-9-11-17(26)12-10-16/h5-14,28H,4H2,1-3H3,(H,27,29). The second-order valence-electron chi connectivity index (χ2n) is 7.61. The summed E-state index contributed by atoms with van der Waals surface area (Å²) in [5, 5.41) is 3.15. The number of rotatable bonds is 6. The summed E-state index contributed by atoms with van der Waals surface area (Å²) in [5.74, 6) is -0.600. The average molecular weight is 467 g/mol. The average Bonchev–Trinajstić information content (AvgIpc) is 3.17. The predicted octanol–water partition coefficient (Wildman–Crippen LogP) is 5.34. The zero-order chi connectivity index (χ0) is 23.8. The van der Waals surface area contributed by atoms with Crippen molar-refractivity contribution in [3.63, 3.8) is 0 Å². The zero-order valence-electron chi connectivity index (χ0n) is 18.4. The number of amides is 1. The van der Waals surface area contributed by atoms with Gasteiger partial charge in [0.15, 0.2) is 0 Å². The molecule has 2 N–H and O–H groups in total. The topological polar surface area (TPSA) is 88.4 Å². The van der Waals surface area contributed by atoms with Gasteiger partial charge >= 0.3 is 0 Å². The van der Waals surface area contributed by atoms with Gasteiger partial charge in [-0.1, -0.05) is 24.3 Å². The Morgan fingerprint density at radius 1 is 1.03 bits per heavy atom. The molecule has 3 aromatic carbocycles. The molecule has 0 spiro atoms. The van der Waals surface area contributed by atoms with E-state index >= 15 is 0 Å². The minimum atomic E-state index is -3.58. The number of aryl methyl sites for hydroxylation is 1. The molecule has 0 saturated heterocycles. The Bertz CT molecular complexity index is 1460. The van der Waals surface area contributed by atoms with Gasteiger partial charge in [-0.2, -0.15) is 0 Å². The third kappa shape index (κ3) is 4.34. The number of carbonyl (C=O) groups is 1. The molecule has 0 unspecified atom stereocenters. The van der Waals surface area contributed by atoms with Gasteiger partial charge < -0.3 is 9.73 Å². The van der Waals surface area contributed by atoms with E-state index < -0.39 is 15.8 Å². The van der Waals surface area contributed by atoms with Crippen molar-refractivity contribution < 1.29 is 22.0 Å². The van der Waals surface area contributed by atoms with Crippen LogP contribution in [-0.4, -0.2) is 27.1 Å². The summed E-state index contributed by atoms with van der Waals surface area (Å²) >= 11 is 0. The number of hydrogen-bond donors (Lipinski definition) is 2. The molecule has 0 aliphatic rings. The molecule has 0 radical (unpaired) electrons. The van der Waals surface area contributed by atoms with Gasteiger partial charge in [-0.05, 0) is 55.3 Å². The second-order valence-corrected chi connectivity index (χ2v) is 9.62. The third-order valence-electron chi connectivity index (χ3n) is 5.47. The molecule has 8 heteroatoms. The van der Waals surface area contributed by atoms with E-state index in [2.05, 4.69) is 10.0 Å². The minimum absolute atomic E-state index is 0.0965. The van der Waals surface area contributed by atoms with Crippen molar-refractivity contribution in [2.45, 2.75) is 13.8 Å². The van der Waals surface area contributed by atoms with Crippen LogP contribution in [0.1, 0.15) is 22.8 Å². The second kappa shape index (κ2) is 8.71. The molecule has 0 bridgehead atoms. The van der Waals surface area contributed by atoms with Crippen LogP contribution in [-0.2, 0) is 10.0 Å². The van der Waals surface area contributed by atoms with Gasteiger partial charge in [0.05, 0.1) is 17.0 Å². The van der Waals surface area contributed by atoms with Crippen LogP contribution in [0.15, 0.2) is 65.1 Å². The van der Waals surface area contributed by atoms with Crippen LogP contribution >= 0.6 is 0 Å². The maximum absolute atomic E-state index is 13.5.